The number of rotatable bonds is 1. The van der Waals surface area contributed by atoms with Crippen molar-refractivity contribution in [2.45, 2.75) is 11.8 Å². The molecule has 0 aromatic carbocycles. The Kier molecular flexibility index (Phi) is 2.39. The lowest BCUT2D eigenvalue weighted by Crippen LogP contribution is -2.16. The Morgan fingerprint density at radius 1 is 1.64 bits per heavy atom. The van der Waals surface area contributed by atoms with E-state index in [1.807, 2.05) is 11.4 Å². The molecule has 1 aromatic heterocycles. The molecule has 14 heavy (non-hydrogen) atoms. The van der Waals surface area contributed by atoms with Crippen molar-refractivity contribution in [2.75, 3.05) is 0 Å². The number of esters is 1. The fourth-order valence-corrected chi connectivity index (χ4v) is 2.77. The van der Waals surface area contributed by atoms with Crippen LogP contribution < -0.4 is 4.72 Å². The van der Waals surface area contributed by atoms with Crippen molar-refractivity contribution >= 4 is 35.0 Å². The van der Waals surface area contributed by atoms with Crippen LogP contribution in [0.2, 0.25) is 0 Å². The summed E-state index contributed by atoms with van der Waals surface area (Å²) in [5.74, 6) is -0.360. The van der Waals surface area contributed by atoms with Crippen LogP contribution in [0.3, 0.4) is 0 Å². The topological polar surface area (TPSA) is 58.6 Å². The van der Waals surface area contributed by atoms with Gasteiger partial charge in [-0.1, -0.05) is 0 Å². The molecule has 2 heterocycles. The Hall–Kier alpha value is -1.14. The summed E-state index contributed by atoms with van der Waals surface area (Å²) in [5.41, 5.74) is 0. The van der Waals surface area contributed by atoms with Gasteiger partial charge in [0.15, 0.2) is 5.76 Å². The first-order valence-electron chi connectivity index (χ1n) is 3.81. The van der Waals surface area contributed by atoms with E-state index in [0.717, 1.165) is 9.77 Å². The summed E-state index contributed by atoms with van der Waals surface area (Å²) < 4.78 is 7.55. The molecule has 2 rings (SSSR count). The van der Waals surface area contributed by atoms with E-state index in [9.17, 15) is 9.90 Å². The molecule has 1 aliphatic rings. The van der Waals surface area contributed by atoms with Gasteiger partial charge in [-0.3, -0.25) is 9.52 Å². The summed E-state index contributed by atoms with van der Waals surface area (Å²) in [6, 6.07) is 1.89. The molecule has 0 saturated heterocycles. The average molecular weight is 229 g/mol. The molecule has 0 radical (unpaired) electrons. The smallest absolute Gasteiger partial charge is 0.309 e. The molecule has 1 aromatic rings. The maximum absolute atomic E-state index is 10.7. The minimum Gasteiger partial charge on any atom is -0.502 e. The van der Waals surface area contributed by atoms with E-state index in [2.05, 4.69) is 4.72 Å². The largest absolute Gasteiger partial charge is 0.502 e. The van der Waals surface area contributed by atoms with Gasteiger partial charge in [0, 0.05) is 6.92 Å². The summed E-state index contributed by atoms with van der Waals surface area (Å²) in [5, 5.41) is 11.6. The van der Waals surface area contributed by atoms with Crippen molar-refractivity contribution in [1.82, 2.24) is 4.72 Å². The number of carbonyl (C=O) groups is 1. The molecule has 0 fully saturated rings. The summed E-state index contributed by atoms with van der Waals surface area (Å²) in [4.78, 5) is 12.4. The van der Waals surface area contributed by atoms with E-state index in [4.69, 9.17) is 4.74 Å². The zero-order valence-electron chi connectivity index (χ0n) is 7.23. The maximum Gasteiger partial charge on any atom is 0.309 e. The molecular formula is C8H7NO3S2. The number of hydrogen-bond acceptors (Lipinski definition) is 6. The van der Waals surface area contributed by atoms with Gasteiger partial charge in [-0.2, -0.15) is 0 Å². The highest BCUT2D eigenvalue weighted by Gasteiger charge is 2.22. The van der Waals surface area contributed by atoms with Crippen molar-refractivity contribution in [1.29, 1.82) is 0 Å². The number of aliphatic hydroxyl groups excluding tert-OH is 1. The summed E-state index contributed by atoms with van der Waals surface area (Å²) in [6.45, 7) is 1.29. The van der Waals surface area contributed by atoms with Crippen LogP contribution in [-0.2, 0) is 9.53 Å². The quantitative estimate of drug-likeness (QED) is 0.570. The molecular weight excluding hydrogens is 222 g/mol. The first-order valence-corrected chi connectivity index (χ1v) is 5.50. The molecule has 6 heteroatoms. The molecule has 4 nitrogen and oxygen atoms in total. The Labute approximate surface area is 88.7 Å². The first-order chi connectivity index (χ1) is 6.68. The van der Waals surface area contributed by atoms with Crippen LogP contribution in [0.5, 0.6) is 0 Å². The third-order valence-corrected chi connectivity index (χ3v) is 3.46. The van der Waals surface area contributed by atoms with Crippen LogP contribution in [0.1, 0.15) is 11.8 Å². The second kappa shape index (κ2) is 3.55. The lowest BCUT2D eigenvalue weighted by atomic mass is 10.4. The second-order valence-electron chi connectivity index (χ2n) is 2.59. The van der Waals surface area contributed by atoms with Gasteiger partial charge in [0.25, 0.3) is 5.88 Å². The van der Waals surface area contributed by atoms with Gasteiger partial charge in [-0.05, 0) is 23.4 Å². The number of carbonyl (C=O) groups excluding carboxylic acids is 1. The molecule has 0 unspecified atom stereocenters. The van der Waals surface area contributed by atoms with E-state index in [1.54, 1.807) is 0 Å². The molecule has 0 spiro atoms. The number of hydrogen-bond donors (Lipinski definition) is 2. The average Bonchev–Trinajstić information content (AvgIpc) is 2.57. The van der Waals surface area contributed by atoms with Crippen LogP contribution in [-0.4, -0.2) is 11.1 Å². The lowest BCUT2D eigenvalue weighted by molar-refractivity contribution is -0.137. The summed E-state index contributed by atoms with van der Waals surface area (Å²) in [7, 11) is 0. The Balaban J connectivity index is 2.35. The highest BCUT2D eigenvalue weighted by atomic mass is 32.2. The third kappa shape index (κ3) is 1.58. The molecule has 0 amide bonds. The zero-order chi connectivity index (χ0) is 10.1. The predicted molar refractivity (Wildman–Crippen MR) is 54.6 cm³/mol. The Morgan fingerprint density at radius 3 is 3.14 bits per heavy atom. The lowest BCUT2D eigenvalue weighted by Gasteiger charge is -2.15. The highest BCUT2D eigenvalue weighted by Crippen LogP contribution is 2.36. The standard InChI is InChI=1S/C8H7NO3S2/c1-4(10)12-8-6(11)7-5(14-9-8)2-3-13-7/h2-3,9,11H,1H3. The van der Waals surface area contributed by atoms with E-state index in [-0.39, 0.29) is 11.6 Å². The van der Waals surface area contributed by atoms with Crippen LogP contribution in [0.4, 0.5) is 0 Å². The van der Waals surface area contributed by atoms with Crippen LogP contribution >= 0.6 is 23.3 Å². The fraction of sp³-hybridized carbons (Fsp3) is 0.125. The van der Waals surface area contributed by atoms with Crippen molar-refractivity contribution in [3.63, 3.8) is 0 Å². The molecule has 74 valence electrons. The third-order valence-electron chi connectivity index (χ3n) is 1.56. The normalized spacial score (nSPS) is 14.6. The van der Waals surface area contributed by atoms with E-state index in [0.29, 0.717) is 0 Å². The summed E-state index contributed by atoms with van der Waals surface area (Å²) in [6.07, 6.45) is 0. The molecule has 0 atom stereocenters. The Morgan fingerprint density at radius 2 is 2.43 bits per heavy atom. The number of fused-ring (bicyclic) bond motifs is 1. The van der Waals surface area contributed by atoms with E-state index >= 15 is 0 Å². The van der Waals surface area contributed by atoms with Crippen molar-refractivity contribution in [3.8, 4) is 0 Å². The molecule has 0 aliphatic carbocycles. The van der Waals surface area contributed by atoms with Crippen molar-refractivity contribution in [2.24, 2.45) is 0 Å². The van der Waals surface area contributed by atoms with Gasteiger partial charge in [0.05, 0.1) is 9.77 Å². The molecule has 0 saturated carbocycles. The molecule has 2 N–H and O–H groups in total. The van der Waals surface area contributed by atoms with Gasteiger partial charge < -0.3 is 9.84 Å². The second-order valence-corrected chi connectivity index (χ2v) is 4.35. The molecule has 1 aliphatic heterocycles. The van der Waals surface area contributed by atoms with E-state index < -0.39 is 5.97 Å². The van der Waals surface area contributed by atoms with Gasteiger partial charge in [0.2, 0.25) is 0 Å². The SMILES string of the molecule is CC(=O)OC1=C(O)c2sccc2SN1. The Bertz CT molecular complexity index is 410. The van der Waals surface area contributed by atoms with Crippen LogP contribution in [0.25, 0.3) is 5.76 Å². The van der Waals surface area contributed by atoms with E-state index in [1.165, 1.54) is 30.2 Å². The van der Waals surface area contributed by atoms with Gasteiger partial charge in [-0.25, -0.2) is 0 Å². The minimum atomic E-state index is -0.459. The number of thiophene rings is 1. The zero-order valence-corrected chi connectivity index (χ0v) is 8.87. The minimum absolute atomic E-state index is 0.0102. The first kappa shape index (κ1) is 9.42. The fourth-order valence-electron chi connectivity index (χ4n) is 1.02. The highest BCUT2D eigenvalue weighted by molar-refractivity contribution is 7.97. The van der Waals surface area contributed by atoms with Crippen molar-refractivity contribution < 1.29 is 14.6 Å². The molecule has 0 bridgehead atoms. The van der Waals surface area contributed by atoms with Gasteiger partial charge >= 0.3 is 5.97 Å². The predicted octanol–water partition coefficient (Wildman–Crippen LogP) is 2.11. The van der Waals surface area contributed by atoms with Crippen LogP contribution in [0.15, 0.2) is 22.2 Å². The number of aliphatic hydroxyl groups is 1. The van der Waals surface area contributed by atoms with Crippen LogP contribution in [0, 0.1) is 0 Å². The van der Waals surface area contributed by atoms with Gasteiger partial charge in [0.1, 0.15) is 0 Å². The number of ether oxygens (including phenoxy) is 1. The monoisotopic (exact) mass is 229 g/mol. The van der Waals surface area contributed by atoms with Gasteiger partial charge in [-0.15, -0.1) is 11.3 Å². The maximum atomic E-state index is 10.7. The van der Waals surface area contributed by atoms with Crippen molar-refractivity contribution in [3.05, 3.63) is 22.2 Å². The summed E-state index contributed by atoms with van der Waals surface area (Å²) >= 11 is 2.72. The number of nitrogens with one attached hydrogen (secondary N) is 1.